The zero-order valence-electron chi connectivity index (χ0n) is 4.57. The van der Waals surface area contributed by atoms with E-state index >= 15 is 0 Å². The summed E-state index contributed by atoms with van der Waals surface area (Å²) in [6.45, 7) is 5.01. The van der Waals surface area contributed by atoms with Gasteiger partial charge >= 0.3 is 0 Å². The van der Waals surface area contributed by atoms with Crippen LogP contribution in [0.25, 0.3) is 0 Å². The first-order valence-electron chi connectivity index (χ1n) is 2.40. The average molecular weight is 126 g/mol. The predicted molar refractivity (Wildman–Crippen MR) is 29.8 cm³/mol. The van der Waals surface area contributed by atoms with Gasteiger partial charge in [-0.15, -0.1) is 0 Å². The van der Waals surface area contributed by atoms with Crippen LogP contribution in [0.1, 0.15) is 5.56 Å². The summed E-state index contributed by atoms with van der Waals surface area (Å²) < 4.78 is 24.3. The molecule has 0 amide bonds. The molecule has 0 N–H and O–H groups in total. The molecule has 2 heteroatoms. The van der Waals surface area contributed by atoms with E-state index in [2.05, 4.69) is 0 Å². The largest absolute Gasteiger partial charge is 0.207 e. The summed E-state index contributed by atoms with van der Waals surface area (Å²) in [6, 6.07) is 2.95. The van der Waals surface area contributed by atoms with Crippen LogP contribution in [-0.4, -0.2) is 0 Å². The van der Waals surface area contributed by atoms with E-state index < -0.39 is 11.6 Å². The third-order valence-corrected chi connectivity index (χ3v) is 0.958. The van der Waals surface area contributed by atoms with E-state index in [0.717, 1.165) is 18.2 Å². The molecule has 9 heavy (non-hydrogen) atoms. The fraction of sp³-hybridized carbons (Fsp3) is 0. The minimum Gasteiger partial charge on any atom is -0.207 e. The Balaban J connectivity index is 3.17. The predicted octanol–water partition coefficient (Wildman–Crippen LogP) is 2.02. The molecule has 0 atom stereocenters. The molecular formula is C7H4F2. The van der Waals surface area contributed by atoms with Crippen LogP contribution >= 0.6 is 0 Å². The average Bonchev–Trinajstić information content (AvgIpc) is 1.80. The Kier molecular flexibility index (Phi) is 1.47. The molecule has 1 rings (SSSR count). The van der Waals surface area contributed by atoms with Crippen LogP contribution in [0.5, 0.6) is 0 Å². The first kappa shape index (κ1) is 6.20. The van der Waals surface area contributed by atoms with Crippen molar-refractivity contribution in [3.8, 4) is 0 Å². The minimum atomic E-state index is -0.587. The highest BCUT2D eigenvalue weighted by Crippen LogP contribution is 2.06. The van der Waals surface area contributed by atoms with Gasteiger partial charge in [-0.1, -0.05) is 0 Å². The molecule has 0 bridgehead atoms. The SMILES string of the molecule is [CH]c1cc(F)ccc1F. The van der Waals surface area contributed by atoms with E-state index in [-0.39, 0.29) is 5.56 Å². The van der Waals surface area contributed by atoms with E-state index in [0.29, 0.717) is 0 Å². The molecule has 1 aromatic carbocycles. The van der Waals surface area contributed by atoms with Gasteiger partial charge in [-0.25, -0.2) is 8.78 Å². The smallest absolute Gasteiger partial charge is 0.126 e. The van der Waals surface area contributed by atoms with Crippen LogP contribution in [0, 0.1) is 18.6 Å². The Hall–Kier alpha value is -0.920. The Labute approximate surface area is 52.1 Å². The molecule has 0 aromatic heterocycles. The molecule has 1 aromatic rings. The van der Waals surface area contributed by atoms with Crippen LogP contribution in [-0.2, 0) is 0 Å². The second kappa shape index (κ2) is 2.13. The standard InChI is InChI=1S/C7H4F2/c1-5-4-6(8)2-3-7(5)9/h1-4H. The van der Waals surface area contributed by atoms with E-state index in [1.54, 1.807) is 0 Å². The Morgan fingerprint density at radius 1 is 1.22 bits per heavy atom. The summed E-state index contributed by atoms with van der Waals surface area (Å²) in [4.78, 5) is 0. The summed E-state index contributed by atoms with van der Waals surface area (Å²) in [5.74, 6) is -1.11. The summed E-state index contributed by atoms with van der Waals surface area (Å²) in [5.41, 5.74) is -0.157. The van der Waals surface area contributed by atoms with Crippen molar-refractivity contribution in [1.29, 1.82) is 0 Å². The van der Waals surface area contributed by atoms with Crippen molar-refractivity contribution in [2.75, 3.05) is 0 Å². The van der Waals surface area contributed by atoms with Crippen LogP contribution < -0.4 is 0 Å². The lowest BCUT2D eigenvalue weighted by atomic mass is 10.2. The number of halogens is 2. The molecule has 0 heterocycles. The maximum atomic E-state index is 12.2. The highest BCUT2D eigenvalue weighted by Gasteiger charge is 1.95. The Morgan fingerprint density at radius 2 is 1.89 bits per heavy atom. The fourth-order valence-electron chi connectivity index (χ4n) is 0.515. The highest BCUT2D eigenvalue weighted by atomic mass is 19.1. The molecule has 46 valence electrons. The second-order valence-electron chi connectivity index (χ2n) is 1.67. The molecule has 0 aliphatic heterocycles. The van der Waals surface area contributed by atoms with Crippen molar-refractivity contribution in [3.63, 3.8) is 0 Å². The van der Waals surface area contributed by atoms with Crippen molar-refractivity contribution in [1.82, 2.24) is 0 Å². The molecule has 0 saturated carbocycles. The van der Waals surface area contributed by atoms with Crippen molar-refractivity contribution in [2.24, 2.45) is 0 Å². The zero-order chi connectivity index (χ0) is 6.85. The van der Waals surface area contributed by atoms with Crippen LogP contribution in [0.3, 0.4) is 0 Å². The maximum absolute atomic E-state index is 12.2. The first-order chi connectivity index (χ1) is 4.20. The lowest BCUT2D eigenvalue weighted by molar-refractivity contribution is 0.596. The number of rotatable bonds is 0. The van der Waals surface area contributed by atoms with Crippen molar-refractivity contribution < 1.29 is 8.78 Å². The summed E-state index contributed by atoms with van der Waals surface area (Å²) in [6.07, 6.45) is 0. The van der Waals surface area contributed by atoms with E-state index in [1.165, 1.54) is 0 Å². The molecule has 0 nitrogen and oxygen atoms in total. The van der Waals surface area contributed by atoms with Gasteiger partial charge in [-0.3, -0.25) is 0 Å². The fourth-order valence-corrected chi connectivity index (χ4v) is 0.515. The molecule has 0 unspecified atom stereocenters. The van der Waals surface area contributed by atoms with E-state index in [1.807, 2.05) is 0 Å². The minimum absolute atomic E-state index is 0.157. The quantitative estimate of drug-likeness (QED) is 0.499. The third kappa shape index (κ3) is 1.25. The van der Waals surface area contributed by atoms with Gasteiger partial charge in [0.15, 0.2) is 0 Å². The summed E-state index contributed by atoms with van der Waals surface area (Å²) in [5, 5.41) is 0. The Bertz CT molecular complexity index is 218. The lowest BCUT2D eigenvalue weighted by Gasteiger charge is -1.92. The summed E-state index contributed by atoms with van der Waals surface area (Å²) in [7, 11) is 0. The first-order valence-corrected chi connectivity index (χ1v) is 2.40. The second-order valence-corrected chi connectivity index (χ2v) is 1.67. The van der Waals surface area contributed by atoms with Gasteiger partial charge < -0.3 is 0 Å². The number of hydrogen-bond acceptors (Lipinski definition) is 0. The molecule has 0 fully saturated rings. The van der Waals surface area contributed by atoms with Gasteiger partial charge in [0, 0.05) is 6.92 Å². The van der Waals surface area contributed by atoms with Gasteiger partial charge in [0.2, 0.25) is 0 Å². The van der Waals surface area contributed by atoms with Gasteiger partial charge in [0.05, 0.1) is 0 Å². The van der Waals surface area contributed by atoms with E-state index in [4.69, 9.17) is 6.92 Å². The number of benzene rings is 1. The molecule has 0 aliphatic carbocycles. The zero-order valence-corrected chi connectivity index (χ0v) is 4.57. The van der Waals surface area contributed by atoms with Crippen LogP contribution in [0.4, 0.5) is 8.78 Å². The monoisotopic (exact) mass is 126 g/mol. The van der Waals surface area contributed by atoms with Gasteiger partial charge in [-0.2, -0.15) is 0 Å². The van der Waals surface area contributed by atoms with Crippen molar-refractivity contribution in [3.05, 3.63) is 42.3 Å². The topological polar surface area (TPSA) is 0 Å². The summed E-state index contributed by atoms with van der Waals surface area (Å²) >= 11 is 0. The highest BCUT2D eigenvalue weighted by molar-refractivity contribution is 5.20. The van der Waals surface area contributed by atoms with Gasteiger partial charge in [-0.05, 0) is 23.8 Å². The molecular weight excluding hydrogens is 122 g/mol. The normalized spacial score (nSPS) is 9.67. The lowest BCUT2D eigenvalue weighted by Crippen LogP contribution is -1.81. The molecule has 0 aliphatic rings. The van der Waals surface area contributed by atoms with Gasteiger partial charge in [0.1, 0.15) is 11.6 Å². The molecule has 0 spiro atoms. The van der Waals surface area contributed by atoms with Gasteiger partial charge in [0.25, 0.3) is 0 Å². The van der Waals surface area contributed by atoms with Crippen molar-refractivity contribution in [2.45, 2.75) is 0 Å². The van der Waals surface area contributed by atoms with Crippen LogP contribution in [0.15, 0.2) is 18.2 Å². The third-order valence-electron chi connectivity index (χ3n) is 0.958. The molecule has 0 saturated heterocycles. The van der Waals surface area contributed by atoms with Crippen molar-refractivity contribution >= 4 is 0 Å². The van der Waals surface area contributed by atoms with E-state index in [9.17, 15) is 8.78 Å². The Morgan fingerprint density at radius 3 is 2.33 bits per heavy atom. The molecule has 2 radical (unpaired) electrons. The maximum Gasteiger partial charge on any atom is 0.126 e. The van der Waals surface area contributed by atoms with Crippen LogP contribution in [0.2, 0.25) is 0 Å². The number of hydrogen-bond donors (Lipinski definition) is 0.